The summed E-state index contributed by atoms with van der Waals surface area (Å²) in [6, 6.07) is 11.8. The predicted molar refractivity (Wildman–Crippen MR) is 89.0 cm³/mol. The standard InChI is InChI=1S/C17H16BrFN2O/c1-22-16-5-3-2-4-10(16)14-6-7-17-20-13-9-12(19)11(18)8-15(13)21(14)17/h2-5,8-9,14,17,20H,6-7H2,1H3/t14-,17?/m0/s1. The van der Waals surface area contributed by atoms with Crippen LogP contribution >= 0.6 is 15.9 Å². The van der Waals surface area contributed by atoms with E-state index in [9.17, 15) is 4.39 Å². The van der Waals surface area contributed by atoms with Crippen LogP contribution in [0.15, 0.2) is 40.9 Å². The average Bonchev–Trinajstić information content (AvgIpc) is 3.07. The Kier molecular flexibility index (Phi) is 3.26. The van der Waals surface area contributed by atoms with E-state index in [0.29, 0.717) is 4.47 Å². The van der Waals surface area contributed by atoms with Gasteiger partial charge in [0.2, 0.25) is 0 Å². The lowest BCUT2D eigenvalue weighted by Crippen LogP contribution is -2.31. The minimum atomic E-state index is -0.235. The van der Waals surface area contributed by atoms with Crippen molar-refractivity contribution in [2.24, 2.45) is 0 Å². The Morgan fingerprint density at radius 3 is 2.91 bits per heavy atom. The Morgan fingerprint density at radius 1 is 1.27 bits per heavy atom. The average molecular weight is 363 g/mol. The van der Waals surface area contributed by atoms with Gasteiger partial charge < -0.3 is 15.0 Å². The van der Waals surface area contributed by atoms with Crippen LogP contribution in [0.2, 0.25) is 0 Å². The lowest BCUT2D eigenvalue weighted by atomic mass is 10.0. The smallest absolute Gasteiger partial charge is 0.139 e. The second-order valence-corrected chi connectivity index (χ2v) is 6.54. The van der Waals surface area contributed by atoms with E-state index in [1.165, 1.54) is 5.56 Å². The number of rotatable bonds is 2. The molecule has 3 nitrogen and oxygen atoms in total. The molecule has 2 aromatic rings. The Bertz CT molecular complexity index is 737. The normalized spacial score (nSPS) is 22.2. The van der Waals surface area contributed by atoms with E-state index in [1.54, 1.807) is 13.2 Å². The molecule has 0 radical (unpaired) electrons. The zero-order valence-corrected chi connectivity index (χ0v) is 13.7. The van der Waals surface area contributed by atoms with Gasteiger partial charge in [0, 0.05) is 11.6 Å². The highest BCUT2D eigenvalue weighted by Gasteiger charge is 2.41. The molecule has 2 aliphatic rings. The molecule has 114 valence electrons. The minimum absolute atomic E-state index is 0.221. The number of hydrogen-bond acceptors (Lipinski definition) is 3. The van der Waals surface area contributed by atoms with E-state index < -0.39 is 0 Å². The van der Waals surface area contributed by atoms with Crippen molar-refractivity contribution < 1.29 is 9.13 Å². The van der Waals surface area contributed by atoms with E-state index in [4.69, 9.17) is 4.74 Å². The number of halogens is 2. The molecule has 0 spiro atoms. The number of anilines is 2. The molecule has 4 rings (SSSR count). The van der Waals surface area contributed by atoms with Crippen molar-refractivity contribution in [3.63, 3.8) is 0 Å². The maximum absolute atomic E-state index is 13.8. The summed E-state index contributed by atoms with van der Waals surface area (Å²) in [5, 5.41) is 3.43. The summed E-state index contributed by atoms with van der Waals surface area (Å²) in [5.74, 6) is 0.670. The first kappa shape index (κ1) is 13.9. The fourth-order valence-corrected chi connectivity index (χ4v) is 3.91. The Morgan fingerprint density at radius 2 is 2.09 bits per heavy atom. The molecule has 0 aliphatic carbocycles. The molecule has 1 N–H and O–H groups in total. The lowest BCUT2D eigenvalue weighted by Gasteiger charge is -2.28. The van der Waals surface area contributed by atoms with Gasteiger partial charge in [-0.15, -0.1) is 0 Å². The zero-order valence-electron chi connectivity index (χ0n) is 12.1. The molecule has 2 aromatic carbocycles. The fourth-order valence-electron chi connectivity index (χ4n) is 3.58. The predicted octanol–water partition coefficient (Wildman–Crippen LogP) is 4.69. The van der Waals surface area contributed by atoms with Gasteiger partial charge in [-0.1, -0.05) is 18.2 Å². The molecule has 2 aliphatic heterocycles. The molecule has 1 fully saturated rings. The number of nitrogens with zero attached hydrogens (tertiary/aromatic N) is 1. The third-order valence-electron chi connectivity index (χ3n) is 4.52. The van der Waals surface area contributed by atoms with E-state index in [-0.39, 0.29) is 18.0 Å². The summed E-state index contributed by atoms with van der Waals surface area (Å²) < 4.78 is 19.8. The first-order valence-corrected chi connectivity index (χ1v) is 8.15. The molecular weight excluding hydrogens is 347 g/mol. The third kappa shape index (κ3) is 1.99. The molecule has 22 heavy (non-hydrogen) atoms. The maximum atomic E-state index is 13.8. The van der Waals surface area contributed by atoms with Gasteiger partial charge in [-0.25, -0.2) is 4.39 Å². The molecule has 5 heteroatoms. The van der Waals surface area contributed by atoms with Gasteiger partial charge in [0.25, 0.3) is 0 Å². The Hall–Kier alpha value is -1.75. The van der Waals surface area contributed by atoms with Gasteiger partial charge in [-0.05, 0) is 40.9 Å². The van der Waals surface area contributed by atoms with Crippen molar-refractivity contribution in [1.82, 2.24) is 0 Å². The topological polar surface area (TPSA) is 24.5 Å². The molecule has 2 atom stereocenters. The number of methoxy groups -OCH3 is 1. The number of hydrogen-bond donors (Lipinski definition) is 1. The molecule has 1 saturated heterocycles. The second kappa shape index (κ2) is 5.16. The van der Waals surface area contributed by atoms with Crippen LogP contribution in [0.5, 0.6) is 5.75 Å². The van der Waals surface area contributed by atoms with Crippen LogP contribution in [-0.4, -0.2) is 13.3 Å². The van der Waals surface area contributed by atoms with Crippen LogP contribution in [0.25, 0.3) is 0 Å². The fraction of sp³-hybridized carbons (Fsp3) is 0.294. The largest absolute Gasteiger partial charge is 0.496 e. The Labute approximate surface area is 137 Å². The van der Waals surface area contributed by atoms with Gasteiger partial charge in [0.05, 0.1) is 35.2 Å². The van der Waals surface area contributed by atoms with Gasteiger partial charge >= 0.3 is 0 Å². The van der Waals surface area contributed by atoms with Crippen molar-refractivity contribution in [2.75, 3.05) is 17.3 Å². The minimum Gasteiger partial charge on any atom is -0.496 e. The van der Waals surface area contributed by atoms with E-state index in [0.717, 1.165) is 30.0 Å². The number of benzene rings is 2. The van der Waals surface area contributed by atoms with Crippen LogP contribution in [-0.2, 0) is 0 Å². The Balaban J connectivity index is 1.79. The van der Waals surface area contributed by atoms with Crippen LogP contribution < -0.4 is 15.0 Å². The summed E-state index contributed by atoms with van der Waals surface area (Å²) in [6.07, 6.45) is 2.29. The molecular formula is C17H16BrFN2O. The van der Waals surface area contributed by atoms with Crippen molar-refractivity contribution in [1.29, 1.82) is 0 Å². The molecule has 0 bridgehead atoms. The third-order valence-corrected chi connectivity index (χ3v) is 5.13. The number of para-hydroxylation sites is 1. The molecule has 2 heterocycles. The first-order chi connectivity index (χ1) is 10.7. The van der Waals surface area contributed by atoms with Crippen molar-refractivity contribution in [3.05, 3.63) is 52.3 Å². The van der Waals surface area contributed by atoms with Crippen LogP contribution in [0.4, 0.5) is 15.8 Å². The molecule has 1 unspecified atom stereocenters. The lowest BCUT2D eigenvalue weighted by molar-refractivity contribution is 0.405. The molecule has 0 saturated carbocycles. The summed E-state index contributed by atoms with van der Waals surface area (Å²) >= 11 is 3.30. The van der Waals surface area contributed by atoms with E-state index in [2.05, 4.69) is 32.2 Å². The summed E-state index contributed by atoms with van der Waals surface area (Å²) in [7, 11) is 1.70. The highest BCUT2D eigenvalue weighted by molar-refractivity contribution is 9.10. The quantitative estimate of drug-likeness (QED) is 0.838. The summed E-state index contributed by atoms with van der Waals surface area (Å²) in [4.78, 5) is 2.34. The van der Waals surface area contributed by atoms with Gasteiger partial charge in [-0.3, -0.25) is 0 Å². The van der Waals surface area contributed by atoms with E-state index >= 15 is 0 Å². The molecule has 0 aromatic heterocycles. The van der Waals surface area contributed by atoms with Gasteiger partial charge in [0.1, 0.15) is 11.6 Å². The van der Waals surface area contributed by atoms with Crippen molar-refractivity contribution in [3.8, 4) is 5.75 Å². The first-order valence-electron chi connectivity index (χ1n) is 7.36. The molecule has 0 amide bonds. The van der Waals surface area contributed by atoms with Gasteiger partial charge in [0.15, 0.2) is 0 Å². The number of nitrogens with one attached hydrogen (secondary N) is 1. The van der Waals surface area contributed by atoms with Crippen molar-refractivity contribution in [2.45, 2.75) is 25.0 Å². The number of fused-ring (bicyclic) bond motifs is 3. The van der Waals surface area contributed by atoms with Gasteiger partial charge in [-0.2, -0.15) is 0 Å². The zero-order chi connectivity index (χ0) is 15.3. The van der Waals surface area contributed by atoms with Crippen LogP contribution in [0.1, 0.15) is 24.4 Å². The van der Waals surface area contributed by atoms with Crippen LogP contribution in [0.3, 0.4) is 0 Å². The monoisotopic (exact) mass is 362 g/mol. The SMILES string of the molecule is COc1ccccc1[C@@H]1CCC2Nc3cc(F)c(Br)cc3N21. The highest BCUT2D eigenvalue weighted by atomic mass is 79.9. The highest BCUT2D eigenvalue weighted by Crippen LogP contribution is 2.50. The summed E-state index contributed by atoms with van der Waals surface area (Å²) in [5.41, 5.74) is 3.10. The van der Waals surface area contributed by atoms with Crippen molar-refractivity contribution >= 4 is 27.3 Å². The van der Waals surface area contributed by atoms with Crippen LogP contribution in [0, 0.1) is 5.82 Å². The number of ether oxygens (including phenoxy) is 1. The maximum Gasteiger partial charge on any atom is 0.139 e. The second-order valence-electron chi connectivity index (χ2n) is 5.69. The summed E-state index contributed by atoms with van der Waals surface area (Å²) in [6.45, 7) is 0. The van der Waals surface area contributed by atoms with E-state index in [1.807, 2.05) is 24.3 Å².